The number of amides is 1. The molecule has 0 saturated heterocycles. The molecule has 24 heavy (non-hydrogen) atoms. The third-order valence-electron chi connectivity index (χ3n) is 3.37. The second-order valence-corrected chi connectivity index (χ2v) is 6.08. The normalized spacial score (nSPS) is 10.4. The van der Waals surface area contributed by atoms with Crippen molar-refractivity contribution in [2.45, 2.75) is 26.3 Å². The Balaban J connectivity index is 1.89. The molecule has 1 amide bonds. The van der Waals surface area contributed by atoms with E-state index in [1.165, 1.54) is 21.8 Å². The Bertz CT molecular complexity index is 672. The van der Waals surface area contributed by atoms with E-state index in [4.69, 9.17) is 4.74 Å². The Kier molecular flexibility index (Phi) is 6.74. The first-order valence-corrected chi connectivity index (χ1v) is 8.61. The standard InChI is InChI=1S/C17H20N2O4S/c1-2-23-16(20)14-12-24-15(18-14)11-19(17(21)22)10-6-9-13-7-4-3-5-8-13/h3-5,7-8,12H,2,6,9-11H2,1H3,(H,21,22). The highest BCUT2D eigenvalue weighted by atomic mass is 32.1. The summed E-state index contributed by atoms with van der Waals surface area (Å²) in [5.41, 5.74) is 1.41. The predicted octanol–water partition coefficient (Wildman–Crippen LogP) is 3.43. The molecule has 0 aliphatic carbocycles. The van der Waals surface area contributed by atoms with Crippen molar-refractivity contribution in [2.24, 2.45) is 0 Å². The van der Waals surface area contributed by atoms with Crippen LogP contribution in [0, 0.1) is 0 Å². The first-order valence-electron chi connectivity index (χ1n) is 7.73. The number of carbonyl (C=O) groups is 2. The maximum Gasteiger partial charge on any atom is 0.407 e. The zero-order valence-corrected chi connectivity index (χ0v) is 14.3. The number of aryl methyl sites for hydroxylation is 1. The van der Waals surface area contributed by atoms with Gasteiger partial charge in [0, 0.05) is 11.9 Å². The van der Waals surface area contributed by atoms with Gasteiger partial charge < -0.3 is 14.7 Å². The zero-order chi connectivity index (χ0) is 17.4. The van der Waals surface area contributed by atoms with E-state index in [0.717, 1.165) is 12.8 Å². The number of nitrogens with zero attached hydrogens (tertiary/aromatic N) is 2. The van der Waals surface area contributed by atoms with E-state index < -0.39 is 12.1 Å². The largest absolute Gasteiger partial charge is 0.465 e. The van der Waals surface area contributed by atoms with Gasteiger partial charge in [-0.3, -0.25) is 0 Å². The Morgan fingerprint density at radius 3 is 2.71 bits per heavy atom. The van der Waals surface area contributed by atoms with E-state index in [9.17, 15) is 14.7 Å². The molecule has 128 valence electrons. The minimum Gasteiger partial charge on any atom is -0.465 e. The molecule has 0 saturated carbocycles. The summed E-state index contributed by atoms with van der Waals surface area (Å²) in [5, 5.41) is 11.5. The van der Waals surface area contributed by atoms with Crippen LogP contribution in [-0.4, -0.2) is 40.2 Å². The summed E-state index contributed by atoms with van der Waals surface area (Å²) in [4.78, 5) is 28.5. The van der Waals surface area contributed by atoms with Gasteiger partial charge in [0.05, 0.1) is 13.2 Å². The third kappa shape index (κ3) is 5.34. The average molecular weight is 348 g/mol. The molecular formula is C17H20N2O4S. The van der Waals surface area contributed by atoms with Crippen LogP contribution in [0.25, 0.3) is 0 Å². The number of aromatic nitrogens is 1. The van der Waals surface area contributed by atoms with Crippen LogP contribution in [-0.2, 0) is 17.7 Å². The van der Waals surface area contributed by atoms with Crippen LogP contribution >= 0.6 is 11.3 Å². The number of ether oxygens (including phenoxy) is 1. The highest BCUT2D eigenvalue weighted by molar-refractivity contribution is 7.09. The number of hydrogen-bond donors (Lipinski definition) is 1. The molecule has 0 aliphatic heterocycles. The smallest absolute Gasteiger partial charge is 0.407 e. The highest BCUT2D eigenvalue weighted by Gasteiger charge is 2.17. The lowest BCUT2D eigenvalue weighted by Crippen LogP contribution is -2.30. The second kappa shape index (κ2) is 9.02. The van der Waals surface area contributed by atoms with Crippen molar-refractivity contribution >= 4 is 23.4 Å². The highest BCUT2D eigenvalue weighted by Crippen LogP contribution is 2.14. The van der Waals surface area contributed by atoms with Gasteiger partial charge in [0.15, 0.2) is 5.69 Å². The Labute approximate surface area is 144 Å². The predicted molar refractivity (Wildman–Crippen MR) is 91.3 cm³/mol. The van der Waals surface area contributed by atoms with Crippen LogP contribution in [0.2, 0.25) is 0 Å². The average Bonchev–Trinajstić information content (AvgIpc) is 3.04. The van der Waals surface area contributed by atoms with E-state index in [2.05, 4.69) is 4.98 Å². The lowest BCUT2D eigenvalue weighted by Gasteiger charge is -2.17. The van der Waals surface area contributed by atoms with Crippen molar-refractivity contribution in [3.63, 3.8) is 0 Å². The molecule has 0 unspecified atom stereocenters. The summed E-state index contributed by atoms with van der Waals surface area (Å²) >= 11 is 1.26. The summed E-state index contributed by atoms with van der Waals surface area (Å²) in [7, 11) is 0. The van der Waals surface area contributed by atoms with E-state index in [1.54, 1.807) is 12.3 Å². The number of rotatable bonds is 8. The van der Waals surface area contributed by atoms with Crippen molar-refractivity contribution in [3.8, 4) is 0 Å². The molecule has 1 aromatic carbocycles. The summed E-state index contributed by atoms with van der Waals surface area (Å²) in [6, 6.07) is 9.94. The summed E-state index contributed by atoms with van der Waals surface area (Å²) in [6.45, 7) is 2.60. The molecule has 6 nitrogen and oxygen atoms in total. The molecule has 0 bridgehead atoms. The maximum absolute atomic E-state index is 11.6. The molecule has 1 N–H and O–H groups in total. The van der Waals surface area contributed by atoms with Gasteiger partial charge in [-0.1, -0.05) is 30.3 Å². The first kappa shape index (κ1) is 17.9. The molecular weight excluding hydrogens is 328 g/mol. The van der Waals surface area contributed by atoms with E-state index >= 15 is 0 Å². The van der Waals surface area contributed by atoms with Gasteiger partial charge in [0.1, 0.15) is 5.01 Å². The second-order valence-electron chi connectivity index (χ2n) is 5.14. The van der Waals surface area contributed by atoms with Gasteiger partial charge in [-0.25, -0.2) is 14.6 Å². The number of hydrogen-bond acceptors (Lipinski definition) is 5. The quantitative estimate of drug-likeness (QED) is 0.739. The molecule has 0 aliphatic rings. The lowest BCUT2D eigenvalue weighted by atomic mass is 10.1. The topological polar surface area (TPSA) is 79.7 Å². The lowest BCUT2D eigenvalue weighted by molar-refractivity contribution is 0.0520. The van der Waals surface area contributed by atoms with Gasteiger partial charge in [-0.2, -0.15) is 0 Å². The number of carbonyl (C=O) groups excluding carboxylic acids is 1. The SMILES string of the molecule is CCOC(=O)c1csc(CN(CCCc2ccccc2)C(=O)O)n1. The van der Waals surface area contributed by atoms with Crippen molar-refractivity contribution in [2.75, 3.05) is 13.2 Å². The van der Waals surface area contributed by atoms with Gasteiger partial charge >= 0.3 is 12.1 Å². The molecule has 0 radical (unpaired) electrons. The minimum atomic E-state index is -0.990. The number of esters is 1. The van der Waals surface area contributed by atoms with Crippen molar-refractivity contribution < 1.29 is 19.4 Å². The molecule has 2 aromatic rings. The minimum absolute atomic E-state index is 0.175. The van der Waals surface area contributed by atoms with Gasteiger partial charge in [0.2, 0.25) is 0 Å². The van der Waals surface area contributed by atoms with Crippen LogP contribution in [0.1, 0.15) is 34.4 Å². The Morgan fingerprint density at radius 1 is 1.29 bits per heavy atom. The first-order chi connectivity index (χ1) is 11.6. The summed E-state index contributed by atoms with van der Waals surface area (Å²) in [6.07, 6.45) is 0.555. The fourth-order valence-corrected chi connectivity index (χ4v) is 2.98. The number of carboxylic acid groups (broad SMARTS) is 1. The van der Waals surface area contributed by atoms with Gasteiger partial charge in [-0.15, -0.1) is 11.3 Å². The fraction of sp³-hybridized carbons (Fsp3) is 0.353. The molecule has 1 heterocycles. The van der Waals surface area contributed by atoms with Gasteiger partial charge in [-0.05, 0) is 25.3 Å². The fourth-order valence-electron chi connectivity index (χ4n) is 2.21. The summed E-state index contributed by atoms with van der Waals surface area (Å²) < 4.78 is 4.88. The summed E-state index contributed by atoms with van der Waals surface area (Å²) in [5.74, 6) is -0.481. The molecule has 0 fully saturated rings. The van der Waals surface area contributed by atoms with Crippen molar-refractivity contribution in [1.82, 2.24) is 9.88 Å². The molecule has 0 spiro atoms. The molecule has 7 heteroatoms. The maximum atomic E-state index is 11.6. The Morgan fingerprint density at radius 2 is 2.04 bits per heavy atom. The molecule has 2 rings (SSSR count). The van der Waals surface area contributed by atoms with Crippen LogP contribution in [0.15, 0.2) is 35.7 Å². The van der Waals surface area contributed by atoms with Crippen molar-refractivity contribution in [1.29, 1.82) is 0 Å². The third-order valence-corrected chi connectivity index (χ3v) is 4.20. The number of benzene rings is 1. The number of thiazole rings is 1. The van der Waals surface area contributed by atoms with Crippen LogP contribution in [0.3, 0.4) is 0 Å². The van der Waals surface area contributed by atoms with Crippen LogP contribution in [0.4, 0.5) is 4.79 Å². The monoisotopic (exact) mass is 348 g/mol. The van der Waals surface area contributed by atoms with Crippen molar-refractivity contribution in [3.05, 3.63) is 52.0 Å². The van der Waals surface area contributed by atoms with Crippen LogP contribution in [0.5, 0.6) is 0 Å². The van der Waals surface area contributed by atoms with E-state index in [0.29, 0.717) is 11.6 Å². The van der Waals surface area contributed by atoms with E-state index in [-0.39, 0.29) is 18.8 Å². The van der Waals surface area contributed by atoms with E-state index in [1.807, 2.05) is 30.3 Å². The molecule has 1 aromatic heterocycles. The Hall–Kier alpha value is -2.41. The van der Waals surface area contributed by atoms with Crippen LogP contribution < -0.4 is 0 Å². The molecule has 0 atom stereocenters. The van der Waals surface area contributed by atoms with Gasteiger partial charge in [0.25, 0.3) is 0 Å². The zero-order valence-electron chi connectivity index (χ0n) is 13.5.